The Hall–Kier alpha value is -0.860. The molecule has 0 radical (unpaired) electrons. The highest BCUT2D eigenvalue weighted by Crippen LogP contribution is 2.36. The van der Waals surface area contributed by atoms with Gasteiger partial charge in [0.1, 0.15) is 0 Å². The predicted octanol–water partition coefficient (Wildman–Crippen LogP) is 3.83. The van der Waals surface area contributed by atoms with Gasteiger partial charge in [0.05, 0.1) is 0 Å². The molecule has 1 aromatic rings. The average Bonchev–Trinajstić information content (AvgIpc) is 3.29. The van der Waals surface area contributed by atoms with Gasteiger partial charge >= 0.3 is 0 Å². The molecule has 0 spiro atoms. The molecule has 0 amide bonds. The van der Waals surface area contributed by atoms with Gasteiger partial charge in [0.15, 0.2) is 0 Å². The van der Waals surface area contributed by atoms with Crippen LogP contribution in [0.5, 0.6) is 0 Å². The number of aryl methyl sites for hydroxylation is 2. The van der Waals surface area contributed by atoms with Gasteiger partial charge in [-0.1, -0.05) is 29.3 Å². The molecule has 1 N–H and O–H groups in total. The Morgan fingerprint density at radius 1 is 1.05 bits per heavy atom. The van der Waals surface area contributed by atoms with Crippen LogP contribution < -0.4 is 5.32 Å². The Morgan fingerprint density at radius 2 is 1.67 bits per heavy atom. The van der Waals surface area contributed by atoms with Gasteiger partial charge in [-0.05, 0) is 71.0 Å². The number of nitrogens with one attached hydrogen (secondary N) is 1. The van der Waals surface area contributed by atoms with Crippen molar-refractivity contribution in [3.05, 3.63) is 34.9 Å². The van der Waals surface area contributed by atoms with Crippen LogP contribution >= 0.6 is 0 Å². The maximum atomic E-state index is 3.49. The second-order valence-corrected chi connectivity index (χ2v) is 7.22. The van der Waals surface area contributed by atoms with E-state index in [9.17, 15) is 0 Å². The van der Waals surface area contributed by atoms with Gasteiger partial charge < -0.3 is 5.32 Å². The van der Waals surface area contributed by atoms with Crippen molar-refractivity contribution in [3.8, 4) is 0 Å². The van der Waals surface area contributed by atoms with Crippen LogP contribution in [-0.2, 0) is 0 Å². The molecular weight excluding hydrogens is 256 g/mol. The zero-order valence-electron chi connectivity index (χ0n) is 13.9. The molecule has 2 nitrogen and oxygen atoms in total. The Bertz CT molecular complexity index is 452. The van der Waals surface area contributed by atoms with Crippen LogP contribution in [0.15, 0.2) is 18.2 Å². The molecule has 1 unspecified atom stereocenters. The van der Waals surface area contributed by atoms with Crippen molar-refractivity contribution in [2.45, 2.75) is 58.5 Å². The third kappa shape index (κ3) is 3.87. The van der Waals surface area contributed by atoms with E-state index in [1.165, 1.54) is 62.0 Å². The SMILES string of the molecule is Cc1cc(C)cc(C(C)N(CC2CCNCC2)C2CC2)c1. The van der Waals surface area contributed by atoms with Crippen molar-refractivity contribution in [3.63, 3.8) is 0 Å². The van der Waals surface area contributed by atoms with Crippen LogP contribution in [0.25, 0.3) is 0 Å². The van der Waals surface area contributed by atoms with E-state index in [0.717, 1.165) is 12.0 Å². The number of hydrogen-bond donors (Lipinski definition) is 1. The van der Waals surface area contributed by atoms with E-state index in [2.05, 4.69) is 49.2 Å². The van der Waals surface area contributed by atoms with Gasteiger partial charge in [-0.25, -0.2) is 0 Å². The maximum Gasteiger partial charge on any atom is 0.0323 e. The van der Waals surface area contributed by atoms with E-state index in [1.54, 1.807) is 0 Å². The summed E-state index contributed by atoms with van der Waals surface area (Å²) in [6, 6.07) is 8.46. The van der Waals surface area contributed by atoms with Gasteiger partial charge in [-0.2, -0.15) is 0 Å². The second kappa shape index (κ2) is 6.50. The third-order valence-corrected chi connectivity index (χ3v) is 5.17. The summed E-state index contributed by atoms with van der Waals surface area (Å²) in [5.74, 6) is 0.889. The number of rotatable bonds is 5. The highest BCUT2D eigenvalue weighted by atomic mass is 15.2. The standard InChI is InChI=1S/C19H30N2/c1-14-10-15(2)12-18(11-14)16(3)21(19-4-5-19)13-17-6-8-20-9-7-17/h10-12,16-17,19-20H,4-9,13H2,1-3H3. The van der Waals surface area contributed by atoms with Gasteiger partial charge in [-0.3, -0.25) is 4.90 Å². The molecular formula is C19H30N2. The van der Waals surface area contributed by atoms with E-state index in [0.29, 0.717) is 6.04 Å². The fourth-order valence-corrected chi connectivity index (χ4v) is 3.83. The van der Waals surface area contributed by atoms with Crippen molar-refractivity contribution in [2.24, 2.45) is 5.92 Å². The topological polar surface area (TPSA) is 15.3 Å². The molecule has 3 rings (SSSR count). The van der Waals surface area contributed by atoms with E-state index in [1.807, 2.05) is 0 Å². The Morgan fingerprint density at radius 3 is 2.24 bits per heavy atom. The third-order valence-electron chi connectivity index (χ3n) is 5.17. The molecule has 1 atom stereocenters. The molecule has 2 heteroatoms. The summed E-state index contributed by atoms with van der Waals surface area (Å²) >= 11 is 0. The average molecular weight is 286 g/mol. The predicted molar refractivity (Wildman–Crippen MR) is 89.7 cm³/mol. The minimum Gasteiger partial charge on any atom is -0.317 e. The molecule has 1 heterocycles. The lowest BCUT2D eigenvalue weighted by Crippen LogP contribution is -2.38. The molecule has 0 bridgehead atoms. The summed E-state index contributed by atoms with van der Waals surface area (Å²) < 4.78 is 0. The summed E-state index contributed by atoms with van der Waals surface area (Å²) in [5.41, 5.74) is 4.30. The molecule has 0 aromatic heterocycles. The first-order chi connectivity index (χ1) is 10.1. The lowest BCUT2D eigenvalue weighted by atomic mass is 9.95. The number of nitrogens with zero attached hydrogens (tertiary/aromatic N) is 1. The number of piperidine rings is 1. The molecule has 1 aliphatic carbocycles. The van der Waals surface area contributed by atoms with Crippen molar-refractivity contribution < 1.29 is 0 Å². The first-order valence-electron chi connectivity index (χ1n) is 8.68. The van der Waals surface area contributed by atoms with Crippen LogP contribution in [-0.4, -0.2) is 30.6 Å². The first-order valence-corrected chi connectivity index (χ1v) is 8.68. The zero-order chi connectivity index (χ0) is 14.8. The van der Waals surface area contributed by atoms with E-state index < -0.39 is 0 Å². The molecule has 116 valence electrons. The van der Waals surface area contributed by atoms with E-state index in [4.69, 9.17) is 0 Å². The number of benzene rings is 1. The van der Waals surface area contributed by atoms with Gasteiger partial charge in [-0.15, -0.1) is 0 Å². The monoisotopic (exact) mass is 286 g/mol. The quantitative estimate of drug-likeness (QED) is 0.885. The van der Waals surface area contributed by atoms with Gasteiger partial charge in [0.25, 0.3) is 0 Å². The lowest BCUT2D eigenvalue weighted by Gasteiger charge is -2.35. The van der Waals surface area contributed by atoms with Crippen LogP contribution in [0.4, 0.5) is 0 Å². The van der Waals surface area contributed by atoms with Gasteiger partial charge in [0, 0.05) is 18.6 Å². The summed E-state index contributed by atoms with van der Waals surface area (Å²) in [4.78, 5) is 2.80. The second-order valence-electron chi connectivity index (χ2n) is 7.22. The zero-order valence-corrected chi connectivity index (χ0v) is 13.9. The van der Waals surface area contributed by atoms with Crippen molar-refractivity contribution in [1.29, 1.82) is 0 Å². The van der Waals surface area contributed by atoms with E-state index in [-0.39, 0.29) is 0 Å². The van der Waals surface area contributed by atoms with Crippen LogP contribution in [0.2, 0.25) is 0 Å². The summed E-state index contributed by atoms with van der Waals surface area (Å²) in [6.45, 7) is 10.6. The molecule has 1 aromatic carbocycles. The summed E-state index contributed by atoms with van der Waals surface area (Å²) in [5, 5.41) is 3.49. The molecule has 2 fully saturated rings. The highest BCUT2D eigenvalue weighted by Gasteiger charge is 2.34. The van der Waals surface area contributed by atoms with Crippen LogP contribution in [0, 0.1) is 19.8 Å². The highest BCUT2D eigenvalue weighted by molar-refractivity contribution is 5.30. The van der Waals surface area contributed by atoms with Crippen LogP contribution in [0.1, 0.15) is 55.3 Å². The molecule has 1 aliphatic heterocycles. The fourth-order valence-electron chi connectivity index (χ4n) is 3.83. The maximum absolute atomic E-state index is 3.49. The Labute approximate surface area is 129 Å². The Balaban J connectivity index is 1.73. The Kier molecular flexibility index (Phi) is 4.66. The van der Waals surface area contributed by atoms with Crippen molar-refractivity contribution in [1.82, 2.24) is 10.2 Å². The molecule has 2 aliphatic rings. The normalized spacial score (nSPS) is 21.7. The summed E-state index contributed by atoms with van der Waals surface area (Å²) in [6.07, 6.45) is 5.51. The summed E-state index contributed by atoms with van der Waals surface area (Å²) in [7, 11) is 0. The van der Waals surface area contributed by atoms with Crippen LogP contribution in [0.3, 0.4) is 0 Å². The van der Waals surface area contributed by atoms with Crippen molar-refractivity contribution in [2.75, 3.05) is 19.6 Å². The van der Waals surface area contributed by atoms with Gasteiger partial charge in [0.2, 0.25) is 0 Å². The van der Waals surface area contributed by atoms with Crippen molar-refractivity contribution >= 4 is 0 Å². The minimum absolute atomic E-state index is 0.561. The minimum atomic E-state index is 0.561. The number of hydrogen-bond acceptors (Lipinski definition) is 2. The largest absolute Gasteiger partial charge is 0.317 e. The smallest absolute Gasteiger partial charge is 0.0323 e. The fraction of sp³-hybridized carbons (Fsp3) is 0.684. The first kappa shape index (κ1) is 15.1. The van der Waals surface area contributed by atoms with E-state index >= 15 is 0 Å². The lowest BCUT2D eigenvalue weighted by molar-refractivity contribution is 0.152. The molecule has 21 heavy (non-hydrogen) atoms. The molecule has 1 saturated heterocycles. The molecule has 1 saturated carbocycles.